The molecule has 0 spiro atoms. The Labute approximate surface area is 85.3 Å². The van der Waals surface area contributed by atoms with Gasteiger partial charge in [0.1, 0.15) is 0 Å². The largest absolute Gasteiger partial charge is 0.307 e. The van der Waals surface area contributed by atoms with Crippen LogP contribution in [-0.4, -0.2) is 16.7 Å². The van der Waals surface area contributed by atoms with Crippen molar-refractivity contribution in [3.8, 4) is 0 Å². The van der Waals surface area contributed by atoms with Gasteiger partial charge >= 0.3 is 0 Å². The highest BCUT2D eigenvalue weighted by atomic mass is 15.1. The average Bonchev–Trinajstić information content (AvgIpc) is 2.18. The third-order valence-electron chi connectivity index (χ3n) is 1.89. The minimum absolute atomic E-state index is 0.250. The minimum Gasteiger partial charge on any atom is -0.307 e. The first-order chi connectivity index (χ1) is 6.74. The standard InChI is InChI=1S/C11H17N3/c1-4-12-11(7-9(2)3)10-5-6-13-14-8-10/h5-8,11-12H,4H2,1-3H3. The Bertz CT molecular complexity index is 289. The zero-order valence-corrected chi connectivity index (χ0v) is 8.99. The summed E-state index contributed by atoms with van der Waals surface area (Å²) in [5.41, 5.74) is 2.45. The van der Waals surface area contributed by atoms with Gasteiger partial charge in [-0.2, -0.15) is 10.2 Å². The molecular weight excluding hydrogens is 174 g/mol. The van der Waals surface area contributed by atoms with Crippen LogP contribution in [0.25, 0.3) is 0 Å². The third kappa shape index (κ3) is 3.26. The van der Waals surface area contributed by atoms with Gasteiger partial charge in [-0.05, 0) is 32.0 Å². The van der Waals surface area contributed by atoms with Crippen LogP contribution >= 0.6 is 0 Å². The van der Waals surface area contributed by atoms with Crippen molar-refractivity contribution in [2.45, 2.75) is 26.8 Å². The van der Waals surface area contributed by atoms with E-state index in [2.05, 4.69) is 42.4 Å². The quantitative estimate of drug-likeness (QED) is 0.740. The SMILES string of the molecule is CCNC(C=C(C)C)c1ccnnc1. The van der Waals surface area contributed by atoms with Crippen LogP contribution < -0.4 is 5.32 Å². The van der Waals surface area contributed by atoms with Crippen molar-refractivity contribution in [2.75, 3.05) is 6.54 Å². The Morgan fingerprint density at radius 2 is 2.29 bits per heavy atom. The van der Waals surface area contributed by atoms with Crippen molar-refractivity contribution >= 4 is 0 Å². The molecule has 76 valence electrons. The summed E-state index contributed by atoms with van der Waals surface area (Å²) < 4.78 is 0. The number of hydrogen-bond acceptors (Lipinski definition) is 3. The normalized spacial score (nSPS) is 12.2. The van der Waals surface area contributed by atoms with E-state index in [9.17, 15) is 0 Å². The summed E-state index contributed by atoms with van der Waals surface area (Å²) in [6.45, 7) is 7.23. The fraction of sp³-hybridized carbons (Fsp3) is 0.455. The highest BCUT2D eigenvalue weighted by Gasteiger charge is 2.06. The Balaban J connectivity index is 2.83. The Morgan fingerprint density at radius 1 is 1.50 bits per heavy atom. The van der Waals surface area contributed by atoms with Crippen LogP contribution in [0.4, 0.5) is 0 Å². The smallest absolute Gasteiger partial charge is 0.0547 e. The van der Waals surface area contributed by atoms with Gasteiger partial charge in [0.15, 0.2) is 0 Å². The van der Waals surface area contributed by atoms with Crippen molar-refractivity contribution in [1.29, 1.82) is 0 Å². The maximum atomic E-state index is 3.88. The fourth-order valence-electron chi connectivity index (χ4n) is 1.31. The van der Waals surface area contributed by atoms with Crippen LogP contribution in [0.5, 0.6) is 0 Å². The molecule has 0 aliphatic carbocycles. The molecule has 1 atom stereocenters. The lowest BCUT2D eigenvalue weighted by Gasteiger charge is -2.13. The fourth-order valence-corrected chi connectivity index (χ4v) is 1.31. The molecule has 3 heteroatoms. The van der Waals surface area contributed by atoms with E-state index >= 15 is 0 Å². The van der Waals surface area contributed by atoms with Crippen LogP contribution in [0.3, 0.4) is 0 Å². The summed E-state index contributed by atoms with van der Waals surface area (Å²) in [7, 11) is 0. The summed E-state index contributed by atoms with van der Waals surface area (Å²) in [6.07, 6.45) is 5.71. The molecule has 0 saturated heterocycles. The number of nitrogens with one attached hydrogen (secondary N) is 1. The lowest BCUT2D eigenvalue weighted by molar-refractivity contribution is 0.640. The first-order valence-electron chi connectivity index (χ1n) is 4.89. The molecule has 1 unspecified atom stereocenters. The number of rotatable bonds is 4. The predicted octanol–water partition coefficient (Wildman–Crippen LogP) is 2.09. The highest BCUT2D eigenvalue weighted by Crippen LogP contribution is 2.13. The predicted molar refractivity (Wildman–Crippen MR) is 57.9 cm³/mol. The maximum Gasteiger partial charge on any atom is 0.0547 e. The van der Waals surface area contributed by atoms with Crippen LogP contribution in [0.2, 0.25) is 0 Å². The van der Waals surface area contributed by atoms with Gasteiger partial charge in [0.05, 0.1) is 12.2 Å². The summed E-state index contributed by atoms with van der Waals surface area (Å²) in [5, 5.41) is 11.0. The van der Waals surface area contributed by atoms with Crippen molar-refractivity contribution in [1.82, 2.24) is 15.5 Å². The number of aromatic nitrogens is 2. The lowest BCUT2D eigenvalue weighted by atomic mass is 10.1. The first-order valence-corrected chi connectivity index (χ1v) is 4.89. The van der Waals surface area contributed by atoms with Gasteiger partial charge in [-0.3, -0.25) is 0 Å². The lowest BCUT2D eigenvalue weighted by Crippen LogP contribution is -2.19. The topological polar surface area (TPSA) is 37.8 Å². The molecule has 0 aliphatic rings. The molecular formula is C11H17N3. The minimum atomic E-state index is 0.250. The van der Waals surface area contributed by atoms with Gasteiger partial charge in [-0.1, -0.05) is 18.6 Å². The molecule has 0 amide bonds. The van der Waals surface area contributed by atoms with Crippen LogP contribution in [0.15, 0.2) is 30.1 Å². The van der Waals surface area contributed by atoms with E-state index in [0.717, 1.165) is 12.1 Å². The molecule has 0 aliphatic heterocycles. The van der Waals surface area contributed by atoms with E-state index in [1.165, 1.54) is 5.57 Å². The molecule has 0 bridgehead atoms. The molecule has 1 heterocycles. The molecule has 1 rings (SSSR count). The molecule has 1 aromatic heterocycles. The van der Waals surface area contributed by atoms with E-state index in [1.807, 2.05) is 6.07 Å². The van der Waals surface area contributed by atoms with E-state index < -0.39 is 0 Å². The van der Waals surface area contributed by atoms with Gasteiger partial charge in [0.25, 0.3) is 0 Å². The maximum absolute atomic E-state index is 3.88. The average molecular weight is 191 g/mol. The summed E-state index contributed by atoms with van der Waals surface area (Å²) >= 11 is 0. The monoisotopic (exact) mass is 191 g/mol. The van der Waals surface area contributed by atoms with E-state index in [1.54, 1.807) is 12.4 Å². The van der Waals surface area contributed by atoms with Crippen LogP contribution in [0.1, 0.15) is 32.4 Å². The molecule has 1 N–H and O–H groups in total. The van der Waals surface area contributed by atoms with Gasteiger partial charge in [-0.15, -0.1) is 0 Å². The van der Waals surface area contributed by atoms with Gasteiger partial charge < -0.3 is 5.32 Å². The Morgan fingerprint density at radius 3 is 2.79 bits per heavy atom. The number of nitrogens with zero attached hydrogens (tertiary/aromatic N) is 2. The van der Waals surface area contributed by atoms with Crippen molar-refractivity contribution < 1.29 is 0 Å². The second-order valence-electron chi connectivity index (χ2n) is 3.46. The van der Waals surface area contributed by atoms with Gasteiger partial charge in [0.2, 0.25) is 0 Å². The second-order valence-corrected chi connectivity index (χ2v) is 3.46. The number of likely N-dealkylation sites (N-methyl/N-ethyl adjacent to an activating group) is 1. The van der Waals surface area contributed by atoms with E-state index in [-0.39, 0.29) is 6.04 Å². The molecule has 0 fully saturated rings. The van der Waals surface area contributed by atoms with Gasteiger partial charge in [0, 0.05) is 6.20 Å². The molecule has 1 aromatic rings. The molecule has 0 saturated carbocycles. The van der Waals surface area contributed by atoms with Crippen molar-refractivity contribution in [2.24, 2.45) is 0 Å². The third-order valence-corrected chi connectivity index (χ3v) is 1.89. The summed E-state index contributed by atoms with van der Waals surface area (Å²) in [5.74, 6) is 0. The molecule has 0 aromatic carbocycles. The molecule has 3 nitrogen and oxygen atoms in total. The van der Waals surface area contributed by atoms with E-state index in [4.69, 9.17) is 0 Å². The molecule has 0 radical (unpaired) electrons. The van der Waals surface area contributed by atoms with Crippen molar-refractivity contribution in [3.63, 3.8) is 0 Å². The second kappa shape index (κ2) is 5.50. The Hall–Kier alpha value is -1.22. The van der Waals surface area contributed by atoms with E-state index in [0.29, 0.717) is 0 Å². The number of hydrogen-bond donors (Lipinski definition) is 1. The van der Waals surface area contributed by atoms with Crippen LogP contribution in [0, 0.1) is 0 Å². The van der Waals surface area contributed by atoms with Crippen LogP contribution in [-0.2, 0) is 0 Å². The first kappa shape index (κ1) is 10.9. The van der Waals surface area contributed by atoms with Crippen molar-refractivity contribution in [3.05, 3.63) is 35.7 Å². The Kier molecular flexibility index (Phi) is 4.26. The summed E-state index contributed by atoms with van der Waals surface area (Å²) in [6, 6.07) is 2.24. The zero-order chi connectivity index (χ0) is 10.4. The summed E-state index contributed by atoms with van der Waals surface area (Å²) in [4.78, 5) is 0. The number of allylic oxidation sites excluding steroid dienone is 1. The highest BCUT2D eigenvalue weighted by molar-refractivity contribution is 5.19. The molecule has 14 heavy (non-hydrogen) atoms. The zero-order valence-electron chi connectivity index (χ0n) is 8.99. The van der Waals surface area contributed by atoms with Gasteiger partial charge in [-0.25, -0.2) is 0 Å².